The van der Waals surface area contributed by atoms with Crippen LogP contribution in [0.4, 0.5) is 0 Å². The second-order valence-corrected chi connectivity index (χ2v) is 7.29. The van der Waals surface area contributed by atoms with Crippen molar-refractivity contribution in [1.29, 1.82) is 0 Å². The van der Waals surface area contributed by atoms with Crippen LogP contribution in [0.15, 0.2) is 0 Å². The molecule has 1 aliphatic rings. The van der Waals surface area contributed by atoms with Gasteiger partial charge in [-0.15, -0.1) is 0 Å². The number of unbranched alkanes of at least 4 members (excludes halogenated alkanes) is 7. The minimum Gasteiger partial charge on any atom is -0.390 e. The van der Waals surface area contributed by atoms with Crippen molar-refractivity contribution in [3.63, 3.8) is 0 Å². The molecule has 1 heterocycles. The molecule has 3 atom stereocenters. The monoisotopic (exact) mass is 298 g/mol. The number of hydrogen-bond acceptors (Lipinski definition) is 2. The molecule has 0 radical (unpaired) electrons. The van der Waals surface area contributed by atoms with Gasteiger partial charge in [0.25, 0.3) is 0 Å². The van der Waals surface area contributed by atoms with E-state index in [1.807, 2.05) is 0 Å². The number of aliphatic hydroxyl groups excluding tert-OH is 1. The quantitative estimate of drug-likeness (QED) is 0.340. The molecule has 1 N–H and O–H groups in total. The van der Waals surface area contributed by atoms with Crippen molar-refractivity contribution in [2.24, 2.45) is 5.92 Å². The summed E-state index contributed by atoms with van der Waals surface area (Å²) in [6, 6.07) is 0. The van der Waals surface area contributed by atoms with Crippen LogP contribution in [0.1, 0.15) is 97.8 Å². The van der Waals surface area contributed by atoms with E-state index in [0.29, 0.717) is 6.10 Å². The Morgan fingerprint density at radius 2 is 1.48 bits per heavy atom. The van der Waals surface area contributed by atoms with Crippen LogP contribution in [0.2, 0.25) is 0 Å². The van der Waals surface area contributed by atoms with Gasteiger partial charge in [-0.1, -0.05) is 85.0 Å². The zero-order valence-electron chi connectivity index (χ0n) is 14.7. The molecule has 1 saturated heterocycles. The normalized spacial score (nSPS) is 22.7. The fraction of sp³-hybridized carbons (Fsp3) is 1.00. The van der Waals surface area contributed by atoms with Gasteiger partial charge in [0.2, 0.25) is 0 Å². The largest absolute Gasteiger partial charge is 0.390 e. The molecule has 2 heteroatoms. The summed E-state index contributed by atoms with van der Waals surface area (Å²) in [6.07, 6.45) is 15.6. The molecule has 2 nitrogen and oxygen atoms in total. The van der Waals surface area contributed by atoms with E-state index in [0.717, 1.165) is 25.2 Å². The van der Waals surface area contributed by atoms with E-state index in [1.54, 1.807) is 0 Å². The zero-order chi connectivity index (χ0) is 15.5. The number of epoxide rings is 1. The molecule has 0 aromatic rings. The van der Waals surface area contributed by atoms with Crippen molar-refractivity contribution in [2.75, 3.05) is 0 Å². The first kappa shape index (κ1) is 19.0. The van der Waals surface area contributed by atoms with Gasteiger partial charge in [0, 0.05) is 0 Å². The van der Waals surface area contributed by atoms with E-state index in [1.165, 1.54) is 57.8 Å². The number of rotatable bonds is 14. The van der Waals surface area contributed by atoms with Crippen molar-refractivity contribution in [2.45, 2.75) is 116 Å². The molecule has 0 aromatic carbocycles. The summed E-state index contributed by atoms with van der Waals surface area (Å²) in [5.74, 6) is 0.741. The van der Waals surface area contributed by atoms with E-state index in [-0.39, 0.29) is 12.2 Å². The first-order chi connectivity index (χ1) is 10.1. The van der Waals surface area contributed by atoms with Gasteiger partial charge in [-0.05, 0) is 18.8 Å². The molecular weight excluding hydrogens is 260 g/mol. The third-order valence-electron chi connectivity index (χ3n) is 4.62. The molecule has 0 aliphatic carbocycles. The number of aliphatic hydroxyl groups is 1. The Labute approximate surface area is 132 Å². The van der Waals surface area contributed by atoms with Crippen molar-refractivity contribution in [3.05, 3.63) is 0 Å². The highest BCUT2D eigenvalue weighted by Gasteiger charge is 2.42. The maximum Gasteiger partial charge on any atom is 0.110 e. The number of hydrogen-bond donors (Lipinski definition) is 1. The predicted molar refractivity (Wildman–Crippen MR) is 90.6 cm³/mol. The van der Waals surface area contributed by atoms with E-state index in [9.17, 15) is 5.11 Å². The summed E-state index contributed by atoms with van der Waals surface area (Å²) in [4.78, 5) is 0. The van der Waals surface area contributed by atoms with Crippen LogP contribution >= 0.6 is 0 Å². The van der Waals surface area contributed by atoms with Gasteiger partial charge < -0.3 is 9.84 Å². The highest BCUT2D eigenvalue weighted by Crippen LogP contribution is 2.32. The van der Waals surface area contributed by atoms with Crippen LogP contribution in [0.5, 0.6) is 0 Å². The van der Waals surface area contributed by atoms with Gasteiger partial charge in [0.15, 0.2) is 0 Å². The van der Waals surface area contributed by atoms with Gasteiger partial charge in [-0.25, -0.2) is 0 Å². The third-order valence-corrected chi connectivity index (χ3v) is 4.62. The standard InChI is InChI=1S/C19H38O2/c1-4-5-6-7-8-9-10-11-15-18-19(21-18)17(20)14-12-13-16(2)3/h16-20H,4-15H2,1-3H3/t17-,18-,19-/m1/s1. The van der Waals surface area contributed by atoms with Crippen LogP contribution in [-0.4, -0.2) is 23.4 Å². The van der Waals surface area contributed by atoms with Crippen molar-refractivity contribution >= 4 is 0 Å². The van der Waals surface area contributed by atoms with Crippen LogP contribution in [0, 0.1) is 5.92 Å². The molecule has 0 saturated carbocycles. The molecule has 1 fully saturated rings. The molecule has 126 valence electrons. The minimum atomic E-state index is -0.220. The van der Waals surface area contributed by atoms with Crippen LogP contribution in [0.25, 0.3) is 0 Å². The van der Waals surface area contributed by atoms with Crippen molar-refractivity contribution < 1.29 is 9.84 Å². The molecule has 0 amide bonds. The SMILES string of the molecule is CCCCCCCCCC[C@H]1O[C@@H]1[C@H](O)CCCC(C)C. The highest BCUT2D eigenvalue weighted by atomic mass is 16.6. The maximum absolute atomic E-state index is 10.1. The van der Waals surface area contributed by atoms with E-state index < -0.39 is 0 Å². The highest BCUT2D eigenvalue weighted by molar-refractivity contribution is 4.90. The summed E-state index contributed by atoms with van der Waals surface area (Å²) in [6.45, 7) is 6.75. The van der Waals surface area contributed by atoms with E-state index in [2.05, 4.69) is 20.8 Å². The molecule has 1 rings (SSSR count). The van der Waals surface area contributed by atoms with Gasteiger partial charge >= 0.3 is 0 Å². The molecule has 21 heavy (non-hydrogen) atoms. The Hall–Kier alpha value is -0.0800. The van der Waals surface area contributed by atoms with Crippen molar-refractivity contribution in [1.82, 2.24) is 0 Å². The second-order valence-electron chi connectivity index (χ2n) is 7.29. The third kappa shape index (κ3) is 9.52. The lowest BCUT2D eigenvalue weighted by Gasteiger charge is -2.08. The Bertz CT molecular complexity index is 240. The van der Waals surface area contributed by atoms with Crippen LogP contribution in [0.3, 0.4) is 0 Å². The molecule has 0 unspecified atom stereocenters. The van der Waals surface area contributed by atoms with Gasteiger partial charge in [0.05, 0.1) is 12.2 Å². The van der Waals surface area contributed by atoms with Crippen LogP contribution < -0.4 is 0 Å². The summed E-state index contributed by atoms with van der Waals surface area (Å²) in [5, 5.41) is 10.1. The Morgan fingerprint density at radius 3 is 2.10 bits per heavy atom. The average molecular weight is 299 g/mol. The fourth-order valence-electron chi connectivity index (χ4n) is 3.11. The molecule has 1 aliphatic heterocycles. The molecule has 0 aromatic heterocycles. The lowest BCUT2D eigenvalue weighted by molar-refractivity contribution is 0.122. The topological polar surface area (TPSA) is 32.8 Å². The lowest BCUT2D eigenvalue weighted by Crippen LogP contribution is -2.17. The van der Waals surface area contributed by atoms with Gasteiger partial charge in [0.1, 0.15) is 6.10 Å². The molecule has 0 spiro atoms. The zero-order valence-corrected chi connectivity index (χ0v) is 14.7. The molecule has 0 bridgehead atoms. The summed E-state index contributed by atoms with van der Waals surface area (Å²) < 4.78 is 5.65. The van der Waals surface area contributed by atoms with Gasteiger partial charge in [-0.3, -0.25) is 0 Å². The van der Waals surface area contributed by atoms with E-state index in [4.69, 9.17) is 4.74 Å². The van der Waals surface area contributed by atoms with Crippen LogP contribution in [-0.2, 0) is 4.74 Å². The average Bonchev–Trinajstić information content (AvgIpc) is 3.21. The second kappa shape index (κ2) is 11.5. The summed E-state index contributed by atoms with van der Waals surface area (Å²) >= 11 is 0. The first-order valence-electron chi connectivity index (χ1n) is 9.48. The number of ether oxygens (including phenoxy) is 1. The fourth-order valence-corrected chi connectivity index (χ4v) is 3.11. The summed E-state index contributed by atoms with van der Waals surface area (Å²) in [5.41, 5.74) is 0. The predicted octanol–water partition coefficient (Wildman–Crippen LogP) is 5.47. The Morgan fingerprint density at radius 1 is 0.857 bits per heavy atom. The Kier molecular flexibility index (Phi) is 10.4. The minimum absolute atomic E-state index is 0.154. The Balaban J connectivity index is 1.87. The molecular formula is C19H38O2. The smallest absolute Gasteiger partial charge is 0.110 e. The van der Waals surface area contributed by atoms with Gasteiger partial charge in [-0.2, -0.15) is 0 Å². The maximum atomic E-state index is 10.1. The van der Waals surface area contributed by atoms with Crippen molar-refractivity contribution in [3.8, 4) is 0 Å². The van der Waals surface area contributed by atoms with E-state index >= 15 is 0 Å². The summed E-state index contributed by atoms with van der Waals surface area (Å²) in [7, 11) is 0. The lowest BCUT2D eigenvalue weighted by atomic mass is 10.0. The first-order valence-corrected chi connectivity index (χ1v) is 9.48.